The smallest absolute Gasteiger partial charge is 0.339 e. The minimum atomic E-state index is -1.96. The van der Waals surface area contributed by atoms with Crippen LogP contribution in [0.2, 0.25) is 0 Å². The van der Waals surface area contributed by atoms with E-state index < -0.39 is 32.7 Å². The van der Waals surface area contributed by atoms with Crippen molar-refractivity contribution in [1.29, 1.82) is 0 Å². The van der Waals surface area contributed by atoms with E-state index in [-0.39, 0.29) is 25.4 Å². The summed E-state index contributed by atoms with van der Waals surface area (Å²) in [4.78, 5) is 26.4. The van der Waals surface area contributed by atoms with Crippen LogP contribution in [0, 0.1) is 0 Å². The lowest BCUT2D eigenvalue weighted by atomic mass is 10.0. The average molecular weight is 413 g/mol. The highest BCUT2D eigenvalue weighted by Gasteiger charge is 2.50. The van der Waals surface area contributed by atoms with Gasteiger partial charge in [0.1, 0.15) is 6.10 Å². The molecule has 0 unspecified atom stereocenters. The fourth-order valence-corrected chi connectivity index (χ4v) is 3.98. The predicted octanol–water partition coefficient (Wildman–Crippen LogP) is 2.83. The monoisotopic (exact) mass is 413 g/mol. The molecule has 28 heavy (non-hydrogen) atoms. The predicted molar refractivity (Wildman–Crippen MR) is 103 cm³/mol. The van der Waals surface area contributed by atoms with Crippen molar-refractivity contribution < 1.29 is 32.6 Å². The van der Waals surface area contributed by atoms with Crippen LogP contribution in [0.4, 0.5) is 0 Å². The van der Waals surface area contributed by atoms with E-state index in [9.17, 15) is 9.59 Å². The first-order valence-corrected chi connectivity index (χ1v) is 10.3. The molecule has 156 valence electrons. The Morgan fingerprint density at radius 2 is 1.54 bits per heavy atom. The van der Waals surface area contributed by atoms with Crippen molar-refractivity contribution >= 4 is 20.5 Å². The second-order valence-corrected chi connectivity index (χ2v) is 7.50. The number of nitrogens with zero attached hydrogens (tertiary/aromatic N) is 1. The Balaban J connectivity index is 2.20. The van der Waals surface area contributed by atoms with Crippen LogP contribution in [-0.4, -0.2) is 62.4 Å². The largest absolute Gasteiger partial charge is 0.464 e. The van der Waals surface area contributed by atoms with Crippen molar-refractivity contribution in [2.75, 3.05) is 27.3 Å². The summed E-state index contributed by atoms with van der Waals surface area (Å²) in [7, 11) is 1.92. The van der Waals surface area contributed by atoms with Crippen LogP contribution in [0.15, 0.2) is 30.3 Å². The molecule has 1 aliphatic rings. The molecule has 0 spiro atoms. The molecule has 0 amide bonds. The molecule has 0 aliphatic carbocycles. The molecule has 0 radical (unpaired) electrons. The number of esters is 2. The molecular weight excluding hydrogens is 385 g/mol. The van der Waals surface area contributed by atoms with Gasteiger partial charge >= 0.3 is 20.5 Å². The van der Waals surface area contributed by atoms with Gasteiger partial charge in [0.25, 0.3) is 0 Å². The molecule has 0 aromatic heterocycles. The van der Waals surface area contributed by atoms with Gasteiger partial charge in [-0.25, -0.2) is 9.59 Å². The number of ether oxygens (including phenoxy) is 2. The first-order chi connectivity index (χ1) is 13.4. The van der Waals surface area contributed by atoms with Gasteiger partial charge < -0.3 is 18.9 Å². The summed E-state index contributed by atoms with van der Waals surface area (Å²) in [6, 6.07) is 9.63. The summed E-state index contributed by atoms with van der Waals surface area (Å²) in [6.07, 6.45) is -2.81. The molecule has 8 nitrogen and oxygen atoms in total. The summed E-state index contributed by atoms with van der Waals surface area (Å²) in [5.74, 6) is -1.35. The summed E-state index contributed by atoms with van der Waals surface area (Å²) in [6.45, 7) is 5.69. The fraction of sp³-hybridized carbons (Fsp3) is 0.579. The molecule has 1 fully saturated rings. The lowest BCUT2D eigenvalue weighted by Gasteiger charge is -2.30. The molecule has 0 saturated carbocycles. The number of benzene rings is 1. The number of carbonyl (C=O) groups excluding carboxylic acids is 2. The van der Waals surface area contributed by atoms with E-state index in [1.165, 1.54) is 0 Å². The number of hydrogen-bond donors (Lipinski definition) is 0. The molecule has 1 aliphatic heterocycles. The third kappa shape index (κ3) is 5.72. The Morgan fingerprint density at radius 3 is 1.96 bits per heavy atom. The van der Waals surface area contributed by atoms with Crippen molar-refractivity contribution in [1.82, 2.24) is 4.90 Å². The van der Waals surface area contributed by atoms with Crippen molar-refractivity contribution in [3.63, 3.8) is 0 Å². The Bertz CT molecular complexity index is 616. The Morgan fingerprint density at radius 1 is 1.04 bits per heavy atom. The minimum absolute atomic E-state index is 0.0141. The number of hydrogen-bond acceptors (Lipinski definition) is 8. The first kappa shape index (κ1) is 22.7. The molecule has 0 bridgehead atoms. The van der Waals surface area contributed by atoms with Crippen LogP contribution < -0.4 is 0 Å². The van der Waals surface area contributed by atoms with Gasteiger partial charge in [-0.3, -0.25) is 9.05 Å². The highest BCUT2D eigenvalue weighted by Crippen LogP contribution is 2.53. The summed E-state index contributed by atoms with van der Waals surface area (Å²) < 4.78 is 27.4. The van der Waals surface area contributed by atoms with Crippen LogP contribution in [0.5, 0.6) is 0 Å². The van der Waals surface area contributed by atoms with Gasteiger partial charge in [0, 0.05) is 6.04 Å². The van der Waals surface area contributed by atoms with E-state index >= 15 is 0 Å². The minimum Gasteiger partial charge on any atom is -0.464 e. The van der Waals surface area contributed by atoms with Crippen LogP contribution in [0.3, 0.4) is 0 Å². The fourth-order valence-electron chi connectivity index (χ4n) is 2.59. The van der Waals surface area contributed by atoms with Gasteiger partial charge in [0.15, 0.2) is 0 Å². The maximum atomic E-state index is 12.2. The standard InChI is InChI=1S/C19H28NO7P/c1-6-23-18(21)16-17(19(22)24-7-2)27-28(26-16)25-15(13(3)20(4)5)14-11-9-8-10-12-14/h8-13,15-17H,6-7H2,1-5H3/t13-,15-,16+,17+/m0/s1. The van der Waals surface area contributed by atoms with E-state index in [2.05, 4.69) is 0 Å². The normalized spacial score (nSPS) is 22.1. The zero-order chi connectivity index (χ0) is 20.7. The maximum absolute atomic E-state index is 12.2. The SMILES string of the molecule is CCOC(=O)[C@@H]1OP(O[C@H](c2ccccc2)[C@H](C)N(C)C)O[C@H]1C(=O)OCC. The van der Waals surface area contributed by atoms with Crippen LogP contribution >= 0.6 is 8.60 Å². The van der Waals surface area contributed by atoms with Crippen molar-refractivity contribution in [3.05, 3.63) is 35.9 Å². The van der Waals surface area contributed by atoms with E-state index in [0.717, 1.165) is 5.56 Å². The van der Waals surface area contributed by atoms with E-state index in [4.69, 9.17) is 23.0 Å². The molecule has 1 aromatic rings. The van der Waals surface area contributed by atoms with Gasteiger partial charge in [-0.05, 0) is 40.4 Å². The van der Waals surface area contributed by atoms with Gasteiger partial charge in [-0.1, -0.05) is 30.3 Å². The third-order valence-corrected chi connectivity index (χ3v) is 5.49. The first-order valence-electron chi connectivity index (χ1n) is 9.24. The van der Waals surface area contributed by atoms with E-state index in [1.54, 1.807) is 13.8 Å². The molecule has 0 N–H and O–H groups in total. The number of rotatable bonds is 9. The molecule has 4 atom stereocenters. The van der Waals surface area contributed by atoms with E-state index in [1.807, 2.05) is 56.3 Å². The highest BCUT2D eigenvalue weighted by atomic mass is 31.2. The number of carbonyl (C=O) groups is 2. The molecule has 9 heteroatoms. The zero-order valence-corrected chi connectivity index (χ0v) is 17.8. The third-order valence-electron chi connectivity index (χ3n) is 4.29. The summed E-state index contributed by atoms with van der Waals surface area (Å²) in [5, 5.41) is 0. The second-order valence-electron chi connectivity index (χ2n) is 6.42. The lowest BCUT2D eigenvalue weighted by molar-refractivity contribution is -0.163. The van der Waals surface area contributed by atoms with Gasteiger partial charge in [-0.15, -0.1) is 0 Å². The molecule has 2 rings (SSSR count). The van der Waals surface area contributed by atoms with Gasteiger partial charge in [0.05, 0.1) is 13.2 Å². The van der Waals surface area contributed by atoms with E-state index in [0.29, 0.717) is 0 Å². The molecular formula is C19H28NO7P. The second kappa shape index (κ2) is 10.8. The molecule has 1 saturated heterocycles. The van der Waals surface area contributed by atoms with Gasteiger partial charge in [0.2, 0.25) is 12.2 Å². The molecule has 1 heterocycles. The summed E-state index contributed by atoms with van der Waals surface area (Å²) in [5.41, 5.74) is 0.936. The Hall–Kier alpha value is -1.57. The van der Waals surface area contributed by atoms with Crippen LogP contribution in [-0.2, 0) is 32.6 Å². The van der Waals surface area contributed by atoms with Gasteiger partial charge in [-0.2, -0.15) is 0 Å². The Kier molecular flexibility index (Phi) is 8.79. The molecule has 1 aromatic carbocycles. The van der Waals surface area contributed by atoms with Crippen LogP contribution in [0.25, 0.3) is 0 Å². The zero-order valence-electron chi connectivity index (χ0n) is 16.9. The lowest BCUT2D eigenvalue weighted by Crippen LogP contribution is -2.39. The quantitative estimate of drug-likeness (QED) is 0.452. The van der Waals surface area contributed by atoms with Crippen molar-refractivity contribution in [3.8, 4) is 0 Å². The Labute approximate surface area is 167 Å². The maximum Gasteiger partial charge on any atom is 0.339 e. The van der Waals surface area contributed by atoms with Crippen LogP contribution in [0.1, 0.15) is 32.4 Å². The average Bonchev–Trinajstić information content (AvgIpc) is 3.11. The summed E-state index contributed by atoms with van der Waals surface area (Å²) >= 11 is 0. The van der Waals surface area contributed by atoms with Crippen molar-refractivity contribution in [2.24, 2.45) is 0 Å². The topological polar surface area (TPSA) is 83.5 Å². The highest BCUT2D eigenvalue weighted by molar-refractivity contribution is 7.42. The number of likely N-dealkylation sites (N-methyl/N-ethyl adjacent to an activating group) is 1. The van der Waals surface area contributed by atoms with Crippen molar-refractivity contribution in [2.45, 2.75) is 45.1 Å².